The Bertz CT molecular complexity index is 834. The van der Waals surface area contributed by atoms with Gasteiger partial charge in [0.2, 0.25) is 0 Å². The van der Waals surface area contributed by atoms with Gasteiger partial charge in [-0.15, -0.1) is 11.3 Å². The second-order valence-corrected chi connectivity index (χ2v) is 8.66. The zero-order valence-corrected chi connectivity index (χ0v) is 18.0. The minimum absolute atomic E-state index is 0.162. The number of ether oxygens (including phenoxy) is 2. The Morgan fingerprint density at radius 3 is 2.62 bits per heavy atom. The first-order valence-electron chi connectivity index (χ1n) is 10.1. The van der Waals surface area contributed by atoms with Gasteiger partial charge in [-0.3, -0.25) is 4.79 Å². The molecule has 1 aromatic heterocycles. The number of nitrogens with zero attached hydrogens (tertiary/aromatic N) is 1. The molecule has 1 aromatic carbocycles. The average Bonchev–Trinajstić information content (AvgIpc) is 3.13. The van der Waals surface area contributed by atoms with E-state index in [4.69, 9.17) is 9.47 Å². The molecule has 1 aliphatic rings. The Labute approximate surface area is 175 Å². The van der Waals surface area contributed by atoms with E-state index in [9.17, 15) is 9.59 Å². The van der Waals surface area contributed by atoms with Crippen molar-refractivity contribution in [3.63, 3.8) is 0 Å². The van der Waals surface area contributed by atoms with Crippen LogP contribution in [0.4, 0.5) is 0 Å². The SMILES string of the molecule is Cc1nc(COc2ccc(C(=O)O[C@H](C)C(=O)N[C@H]3CCCC[C@@H]3C)cc2)cs1. The van der Waals surface area contributed by atoms with Gasteiger partial charge in [0.15, 0.2) is 6.10 Å². The van der Waals surface area contributed by atoms with Crippen LogP contribution in [0.15, 0.2) is 29.6 Å². The normalized spacial score (nSPS) is 20.0. The molecule has 0 unspecified atom stereocenters. The molecule has 2 aromatic rings. The fourth-order valence-corrected chi connectivity index (χ4v) is 4.03. The average molecular weight is 417 g/mol. The zero-order valence-electron chi connectivity index (χ0n) is 17.1. The van der Waals surface area contributed by atoms with Crippen molar-refractivity contribution in [3.8, 4) is 5.75 Å². The Kier molecular flexibility index (Phi) is 7.25. The topological polar surface area (TPSA) is 77.5 Å². The summed E-state index contributed by atoms with van der Waals surface area (Å²) in [5.41, 5.74) is 1.26. The first-order valence-corrected chi connectivity index (χ1v) is 11.0. The number of thiazole rings is 1. The van der Waals surface area contributed by atoms with Crippen molar-refractivity contribution in [1.82, 2.24) is 10.3 Å². The molecule has 156 valence electrons. The van der Waals surface area contributed by atoms with Crippen molar-refractivity contribution in [3.05, 3.63) is 45.9 Å². The van der Waals surface area contributed by atoms with Gasteiger partial charge in [-0.2, -0.15) is 0 Å². The number of benzene rings is 1. The zero-order chi connectivity index (χ0) is 20.8. The molecule has 29 heavy (non-hydrogen) atoms. The predicted octanol–water partition coefficient (Wildman–Crippen LogP) is 4.27. The maximum atomic E-state index is 12.4. The van der Waals surface area contributed by atoms with Crippen LogP contribution < -0.4 is 10.1 Å². The van der Waals surface area contributed by atoms with Crippen LogP contribution in [0.1, 0.15) is 60.6 Å². The van der Waals surface area contributed by atoms with Gasteiger partial charge in [-0.1, -0.05) is 19.8 Å². The minimum atomic E-state index is -0.833. The van der Waals surface area contributed by atoms with E-state index in [1.54, 1.807) is 42.5 Å². The number of esters is 1. The number of carbonyl (C=O) groups excluding carboxylic acids is 2. The maximum Gasteiger partial charge on any atom is 0.338 e. The second kappa shape index (κ2) is 9.87. The number of carbonyl (C=O) groups is 2. The van der Waals surface area contributed by atoms with Gasteiger partial charge in [0.05, 0.1) is 16.3 Å². The van der Waals surface area contributed by atoms with Crippen LogP contribution in [0.25, 0.3) is 0 Å². The van der Waals surface area contributed by atoms with Gasteiger partial charge >= 0.3 is 5.97 Å². The third kappa shape index (κ3) is 6.03. The van der Waals surface area contributed by atoms with Crippen LogP contribution >= 0.6 is 11.3 Å². The van der Waals surface area contributed by atoms with Crippen molar-refractivity contribution in [1.29, 1.82) is 0 Å². The minimum Gasteiger partial charge on any atom is -0.487 e. The van der Waals surface area contributed by atoms with Crippen molar-refractivity contribution < 1.29 is 19.1 Å². The summed E-state index contributed by atoms with van der Waals surface area (Å²) in [6.45, 7) is 6.09. The molecule has 1 amide bonds. The fourth-order valence-electron chi connectivity index (χ4n) is 3.43. The van der Waals surface area contributed by atoms with Gasteiger partial charge in [-0.05, 0) is 56.9 Å². The Morgan fingerprint density at radius 2 is 1.97 bits per heavy atom. The smallest absolute Gasteiger partial charge is 0.338 e. The Hall–Kier alpha value is -2.41. The molecule has 3 rings (SSSR count). The standard InChI is InChI=1S/C22H28N2O4S/c1-14-6-4-5-7-20(14)24-21(25)15(2)28-22(26)17-8-10-19(11-9-17)27-12-18-13-29-16(3)23-18/h8-11,13-15,20H,4-7,12H2,1-3H3,(H,24,25)/t14-,15+,20-/m0/s1. The van der Waals surface area contributed by atoms with Gasteiger partial charge in [0.25, 0.3) is 5.91 Å². The molecule has 0 radical (unpaired) electrons. The lowest BCUT2D eigenvalue weighted by atomic mass is 9.86. The van der Waals surface area contributed by atoms with Crippen LogP contribution in [0.5, 0.6) is 5.75 Å². The van der Waals surface area contributed by atoms with E-state index in [0.717, 1.165) is 30.0 Å². The van der Waals surface area contributed by atoms with Crippen LogP contribution in [0.3, 0.4) is 0 Å². The summed E-state index contributed by atoms with van der Waals surface area (Å²) in [5, 5.41) is 5.98. The molecule has 6 nitrogen and oxygen atoms in total. The number of amides is 1. The summed E-state index contributed by atoms with van der Waals surface area (Å²) in [6, 6.07) is 6.86. The van der Waals surface area contributed by atoms with E-state index in [1.807, 2.05) is 12.3 Å². The summed E-state index contributed by atoms with van der Waals surface area (Å²) in [7, 11) is 0. The molecule has 7 heteroatoms. The fraction of sp³-hybridized carbons (Fsp3) is 0.500. The molecule has 0 spiro atoms. The first kappa shape index (κ1) is 21.3. The van der Waals surface area contributed by atoms with E-state index in [-0.39, 0.29) is 11.9 Å². The first-order chi connectivity index (χ1) is 13.9. The maximum absolute atomic E-state index is 12.4. The number of aromatic nitrogens is 1. The molecule has 0 bridgehead atoms. The highest BCUT2D eigenvalue weighted by molar-refractivity contribution is 7.09. The predicted molar refractivity (Wildman–Crippen MR) is 112 cm³/mol. The summed E-state index contributed by atoms with van der Waals surface area (Å²) >= 11 is 1.58. The second-order valence-electron chi connectivity index (χ2n) is 7.60. The molecule has 3 atom stereocenters. The molecular weight excluding hydrogens is 388 g/mol. The molecule has 1 aliphatic carbocycles. The molecule has 1 fully saturated rings. The number of nitrogens with one attached hydrogen (secondary N) is 1. The lowest BCUT2D eigenvalue weighted by Gasteiger charge is -2.30. The van der Waals surface area contributed by atoms with Crippen LogP contribution in [0, 0.1) is 12.8 Å². The van der Waals surface area contributed by atoms with Crippen LogP contribution in [-0.2, 0) is 16.1 Å². The molecule has 1 saturated carbocycles. The lowest BCUT2D eigenvalue weighted by Crippen LogP contribution is -2.45. The van der Waals surface area contributed by atoms with Gasteiger partial charge in [0.1, 0.15) is 12.4 Å². The summed E-state index contributed by atoms with van der Waals surface area (Å²) < 4.78 is 11.0. The van der Waals surface area contributed by atoms with E-state index < -0.39 is 12.1 Å². The Morgan fingerprint density at radius 1 is 1.24 bits per heavy atom. The summed E-state index contributed by atoms with van der Waals surface area (Å²) in [4.78, 5) is 29.1. The monoisotopic (exact) mass is 416 g/mol. The van der Waals surface area contributed by atoms with Crippen molar-refractivity contribution in [2.75, 3.05) is 0 Å². The number of hydrogen-bond acceptors (Lipinski definition) is 6. The van der Waals surface area contributed by atoms with Gasteiger partial charge in [0, 0.05) is 11.4 Å². The third-order valence-electron chi connectivity index (χ3n) is 5.24. The van der Waals surface area contributed by atoms with Gasteiger partial charge < -0.3 is 14.8 Å². The number of aryl methyl sites for hydroxylation is 1. The van der Waals surface area contributed by atoms with Crippen molar-refractivity contribution in [2.45, 2.75) is 65.2 Å². The summed E-state index contributed by atoms with van der Waals surface area (Å²) in [6.07, 6.45) is 3.60. The quantitative estimate of drug-likeness (QED) is 0.682. The highest BCUT2D eigenvalue weighted by Crippen LogP contribution is 2.24. The number of hydrogen-bond donors (Lipinski definition) is 1. The van der Waals surface area contributed by atoms with E-state index in [1.165, 1.54) is 6.42 Å². The molecule has 0 saturated heterocycles. The van der Waals surface area contributed by atoms with Crippen LogP contribution in [0.2, 0.25) is 0 Å². The lowest BCUT2D eigenvalue weighted by molar-refractivity contribution is -0.130. The third-order valence-corrected chi connectivity index (χ3v) is 6.06. The van der Waals surface area contributed by atoms with Crippen LogP contribution in [-0.4, -0.2) is 29.0 Å². The van der Waals surface area contributed by atoms with Crippen molar-refractivity contribution >= 4 is 23.2 Å². The summed E-state index contributed by atoms with van der Waals surface area (Å²) in [5.74, 6) is 0.335. The molecule has 1 heterocycles. The van der Waals surface area contributed by atoms with E-state index in [0.29, 0.717) is 23.8 Å². The van der Waals surface area contributed by atoms with E-state index >= 15 is 0 Å². The highest BCUT2D eigenvalue weighted by atomic mass is 32.1. The molecular formula is C22H28N2O4S. The van der Waals surface area contributed by atoms with E-state index in [2.05, 4.69) is 17.2 Å². The molecule has 1 N–H and O–H groups in total. The van der Waals surface area contributed by atoms with Gasteiger partial charge in [-0.25, -0.2) is 9.78 Å². The number of rotatable bonds is 7. The largest absolute Gasteiger partial charge is 0.487 e. The highest BCUT2D eigenvalue weighted by Gasteiger charge is 2.26. The Balaban J connectivity index is 1.48. The van der Waals surface area contributed by atoms with Crippen molar-refractivity contribution in [2.24, 2.45) is 5.92 Å². The molecule has 0 aliphatic heterocycles.